The van der Waals surface area contributed by atoms with Crippen LogP contribution in [-0.4, -0.2) is 56.0 Å². The second kappa shape index (κ2) is 21.2. The maximum absolute atomic E-state index is 13.6. The molecule has 0 atom stereocenters. The molecule has 0 amide bonds. The van der Waals surface area contributed by atoms with E-state index in [0.29, 0.717) is 5.69 Å². The number of halogens is 3. The fourth-order valence-corrected chi connectivity index (χ4v) is 6.44. The molecule has 20 nitrogen and oxygen atoms in total. The van der Waals surface area contributed by atoms with Crippen LogP contribution >= 0.6 is 23.6 Å². The van der Waals surface area contributed by atoms with E-state index < -0.39 is 53.5 Å². The first-order valence-electron chi connectivity index (χ1n) is 14.5. The van der Waals surface area contributed by atoms with E-state index in [9.17, 15) is 45.1 Å². The van der Waals surface area contributed by atoms with Crippen molar-refractivity contribution in [1.29, 1.82) is 0 Å². The molecule has 0 fully saturated rings. The number of aromatic nitrogens is 5. The topological polar surface area (TPSA) is 301 Å². The molecule has 0 saturated heterocycles. The van der Waals surface area contributed by atoms with Gasteiger partial charge in [0.2, 0.25) is 23.1 Å². The van der Waals surface area contributed by atoms with Crippen LogP contribution in [0.2, 0.25) is 5.28 Å². The Hall–Kier alpha value is -2.77. The van der Waals surface area contributed by atoms with Gasteiger partial charge in [-0.05, 0) is 77.7 Å². The molecule has 4 aromatic carbocycles. The Bertz CT molecular complexity index is 2720. The Morgan fingerprint density at radius 2 is 1.41 bits per heavy atom. The zero-order chi connectivity index (χ0) is 39.5. The number of hydrogen-bond acceptors (Lipinski definition) is 21. The van der Waals surface area contributed by atoms with Gasteiger partial charge in [0.25, 0.3) is 0 Å². The van der Waals surface area contributed by atoms with E-state index in [1.165, 1.54) is 36.4 Å². The summed E-state index contributed by atoms with van der Waals surface area (Å²) < 4.78 is 102. The first-order chi connectivity index (χ1) is 26.0. The summed E-state index contributed by atoms with van der Waals surface area (Å²) in [6.45, 7) is 0. The second-order valence-electron chi connectivity index (χ2n) is 10.5. The SMILES string of the molecule is O=S(=O)([O-])c1cccc(Nc2nc(Cl)nc(Nc3ccc4c(O)c(N=Nc5cc(Nc6cc(F)nc(F)n6)ccc5S(=O)(=O)[O-])c(SOO[O-])cc4c3)n2)c1.[Na+].[Na+].[Na+]. The summed E-state index contributed by atoms with van der Waals surface area (Å²) >= 11 is 6.36. The summed E-state index contributed by atoms with van der Waals surface area (Å²) in [6.07, 6.45) is -1.40. The van der Waals surface area contributed by atoms with Crippen LogP contribution in [0.15, 0.2) is 97.7 Å². The Kier molecular flexibility index (Phi) is 18.1. The third kappa shape index (κ3) is 12.9. The number of nitrogens with zero attached hydrogens (tertiary/aromatic N) is 7. The molecule has 2 aromatic heterocycles. The van der Waals surface area contributed by atoms with Crippen molar-refractivity contribution in [3.05, 3.63) is 90.1 Å². The third-order valence-corrected chi connectivity index (χ3v) is 9.37. The van der Waals surface area contributed by atoms with Crippen molar-refractivity contribution in [3.63, 3.8) is 0 Å². The first-order valence-corrected chi connectivity index (χ1v) is 18.4. The third-order valence-electron chi connectivity index (χ3n) is 6.87. The van der Waals surface area contributed by atoms with Crippen LogP contribution in [-0.2, 0) is 29.6 Å². The minimum absolute atomic E-state index is 0. The van der Waals surface area contributed by atoms with Crippen molar-refractivity contribution in [3.8, 4) is 5.75 Å². The average Bonchev–Trinajstić information content (AvgIpc) is 3.09. The fraction of sp³-hybridized carbons (Fsp3) is 0. The van der Waals surface area contributed by atoms with Gasteiger partial charge >= 0.3 is 94.8 Å². The van der Waals surface area contributed by atoms with Gasteiger partial charge in [-0.15, -0.1) is 10.2 Å². The molecular weight excluding hydrogens is 887 g/mol. The van der Waals surface area contributed by atoms with Crippen molar-refractivity contribution in [2.24, 2.45) is 10.2 Å². The zero-order valence-corrected chi connectivity index (χ0v) is 38.7. The molecule has 284 valence electrons. The summed E-state index contributed by atoms with van der Waals surface area (Å²) in [4.78, 5) is 16.9. The molecule has 0 aliphatic heterocycles. The van der Waals surface area contributed by atoms with Crippen molar-refractivity contribution in [2.75, 3.05) is 16.0 Å². The van der Waals surface area contributed by atoms with Crippen LogP contribution < -0.4 is 110 Å². The maximum Gasteiger partial charge on any atom is 1.00 e. The van der Waals surface area contributed by atoms with Gasteiger partial charge in [-0.3, -0.25) is 5.04 Å². The van der Waals surface area contributed by atoms with Gasteiger partial charge in [0, 0.05) is 28.5 Å². The van der Waals surface area contributed by atoms with E-state index in [1.807, 2.05) is 0 Å². The predicted molar refractivity (Wildman–Crippen MR) is 183 cm³/mol. The van der Waals surface area contributed by atoms with Gasteiger partial charge in [0.15, 0.2) is 5.75 Å². The molecule has 0 unspecified atom stereocenters. The average molecular weight is 903 g/mol. The Balaban J connectivity index is 0.00000300. The minimum Gasteiger partial charge on any atom is -0.744 e. The smallest absolute Gasteiger partial charge is 0.744 e. The number of aromatic hydroxyl groups is 1. The molecular formula is C29H16ClF2N10Na3O10S3. The summed E-state index contributed by atoms with van der Waals surface area (Å²) in [5.41, 5.74) is -0.524. The van der Waals surface area contributed by atoms with Crippen LogP contribution in [0.5, 0.6) is 5.75 Å². The summed E-state index contributed by atoms with van der Waals surface area (Å²) in [5, 5.41) is 41.4. The molecule has 6 rings (SSSR count). The molecule has 0 aliphatic rings. The molecule has 58 heavy (non-hydrogen) atoms. The number of fused-ring (bicyclic) bond motifs is 1. The largest absolute Gasteiger partial charge is 1.00 e. The molecule has 0 aliphatic carbocycles. The van der Waals surface area contributed by atoms with Crippen molar-refractivity contribution >= 4 is 101 Å². The predicted octanol–water partition coefficient (Wildman–Crippen LogP) is -3.85. The fourth-order valence-electron chi connectivity index (χ4n) is 4.68. The maximum atomic E-state index is 13.6. The molecule has 4 N–H and O–H groups in total. The standard InChI is InChI=1S/C29H19ClF2N10O10S3.3Na/c30-26-38-28(34-14-2-1-3-17(10-14)54(45,46)47)40-29(39-26)35-15-4-6-18-13(8-15)9-20(53-52-51-44)24(25(18)43)42-41-19-11-16(5-7-21(19)55(48,49)50)33-23-12-22(31)36-27(32)37-23;;;/h1-12,43-44H,(H,33,36,37)(H,45,46,47)(H,48,49,50)(H2,34,35,38,39,40);;;/q;3*+1/p-3. The summed E-state index contributed by atoms with van der Waals surface area (Å²) in [6, 6.07) is 14.4. The van der Waals surface area contributed by atoms with E-state index in [2.05, 4.69) is 60.5 Å². The van der Waals surface area contributed by atoms with E-state index in [-0.39, 0.29) is 156 Å². The van der Waals surface area contributed by atoms with Gasteiger partial charge in [-0.1, -0.05) is 6.07 Å². The van der Waals surface area contributed by atoms with Crippen molar-refractivity contribution in [1.82, 2.24) is 24.9 Å². The number of benzene rings is 4. The van der Waals surface area contributed by atoms with Gasteiger partial charge in [-0.25, -0.2) is 16.8 Å². The molecule has 0 radical (unpaired) electrons. The summed E-state index contributed by atoms with van der Waals surface area (Å²) in [5.74, 6) is -2.36. The van der Waals surface area contributed by atoms with Crippen molar-refractivity contribution in [2.45, 2.75) is 14.7 Å². The first kappa shape index (κ1) is 49.6. The number of nitrogens with one attached hydrogen (secondary N) is 3. The van der Waals surface area contributed by atoms with Crippen molar-refractivity contribution < 1.29 is 143 Å². The monoisotopic (exact) mass is 902 g/mol. The minimum atomic E-state index is -5.17. The number of hydrogen-bond donors (Lipinski definition) is 4. The Morgan fingerprint density at radius 3 is 2.05 bits per heavy atom. The van der Waals surface area contributed by atoms with Crippen LogP contribution in [0.3, 0.4) is 0 Å². The van der Waals surface area contributed by atoms with E-state index >= 15 is 0 Å². The molecule has 0 saturated carbocycles. The zero-order valence-electron chi connectivity index (χ0n) is 29.5. The van der Waals surface area contributed by atoms with E-state index in [0.717, 1.165) is 36.4 Å². The number of anilines is 6. The number of rotatable bonds is 13. The molecule has 0 bridgehead atoms. The molecule has 6 aromatic rings. The van der Waals surface area contributed by atoms with E-state index in [1.54, 1.807) is 0 Å². The number of phenols is 1. The van der Waals surface area contributed by atoms with Crippen LogP contribution in [0.25, 0.3) is 10.8 Å². The normalized spacial score (nSPS) is 11.3. The van der Waals surface area contributed by atoms with Crippen LogP contribution in [0.1, 0.15) is 0 Å². The van der Waals surface area contributed by atoms with Crippen LogP contribution in [0, 0.1) is 12.0 Å². The molecule has 2 heterocycles. The Morgan fingerprint density at radius 1 is 0.759 bits per heavy atom. The summed E-state index contributed by atoms with van der Waals surface area (Å²) in [7, 11) is -9.91. The molecule has 0 spiro atoms. The number of azo groups is 1. The van der Waals surface area contributed by atoms with Crippen LogP contribution in [0.4, 0.5) is 54.9 Å². The molecule has 29 heteroatoms. The van der Waals surface area contributed by atoms with E-state index in [4.69, 9.17) is 11.6 Å². The van der Waals surface area contributed by atoms with Gasteiger partial charge in [0.05, 0.1) is 26.7 Å². The van der Waals surface area contributed by atoms with Gasteiger partial charge in [-0.2, -0.15) is 38.0 Å². The quantitative estimate of drug-likeness (QED) is 0.0126. The van der Waals surface area contributed by atoms with Gasteiger partial charge < -0.3 is 35.4 Å². The second-order valence-corrected chi connectivity index (χ2v) is 14.3. The van der Waals surface area contributed by atoms with Gasteiger partial charge in [0.1, 0.15) is 37.4 Å². The number of phenolic OH excluding ortho intramolecular Hbond substituents is 1. The Labute approximate surface area is 401 Å².